The van der Waals surface area contributed by atoms with Gasteiger partial charge in [-0.25, -0.2) is 9.97 Å². The van der Waals surface area contributed by atoms with Crippen molar-refractivity contribution in [2.75, 3.05) is 5.32 Å². The summed E-state index contributed by atoms with van der Waals surface area (Å²) in [5, 5.41) is 2.69. The molecule has 0 aliphatic rings. The van der Waals surface area contributed by atoms with E-state index in [1.165, 1.54) is 0 Å². The number of carbonyl (C=O) groups excluding carboxylic acids is 1. The van der Waals surface area contributed by atoms with E-state index in [1.54, 1.807) is 30.2 Å². The molecule has 0 bridgehead atoms. The molecule has 16 heavy (non-hydrogen) atoms. The molecule has 2 aromatic heterocycles. The highest BCUT2D eigenvalue weighted by Gasteiger charge is 2.12. The number of anilines is 1. The zero-order valence-corrected chi connectivity index (χ0v) is 9.43. The lowest BCUT2D eigenvalue weighted by Gasteiger charge is -2.00. The van der Waals surface area contributed by atoms with Gasteiger partial charge in [0.1, 0.15) is 5.82 Å². The number of nitrogens with zero attached hydrogens (tertiary/aromatic N) is 4. The lowest BCUT2D eigenvalue weighted by Crippen LogP contribution is -2.16. The first-order chi connectivity index (χ1) is 7.58. The van der Waals surface area contributed by atoms with E-state index < -0.39 is 0 Å². The van der Waals surface area contributed by atoms with Gasteiger partial charge in [-0.05, 0) is 6.92 Å². The molecule has 0 saturated carbocycles. The van der Waals surface area contributed by atoms with Crippen molar-refractivity contribution in [3.05, 3.63) is 30.2 Å². The van der Waals surface area contributed by atoms with Gasteiger partial charge >= 0.3 is 0 Å². The summed E-state index contributed by atoms with van der Waals surface area (Å²) in [6.45, 7) is 1.87. The number of imidazole rings is 2. The third-order valence-corrected chi connectivity index (χ3v) is 2.37. The molecule has 6 heteroatoms. The number of amides is 1. The normalized spacial score (nSPS) is 10.4. The lowest BCUT2D eigenvalue weighted by atomic mass is 10.5. The third-order valence-electron chi connectivity index (χ3n) is 2.37. The predicted molar refractivity (Wildman–Crippen MR) is 59.1 cm³/mol. The fourth-order valence-corrected chi connectivity index (χ4v) is 1.38. The highest BCUT2D eigenvalue weighted by molar-refractivity contribution is 6.01. The quantitative estimate of drug-likeness (QED) is 0.809. The van der Waals surface area contributed by atoms with E-state index in [9.17, 15) is 4.79 Å². The lowest BCUT2D eigenvalue weighted by molar-refractivity contribution is 0.101. The van der Waals surface area contributed by atoms with Gasteiger partial charge in [0, 0.05) is 32.7 Å². The third kappa shape index (κ3) is 1.81. The molecule has 2 heterocycles. The molecule has 0 fully saturated rings. The molecule has 2 aromatic rings. The molecule has 1 amide bonds. The van der Waals surface area contributed by atoms with E-state index in [1.807, 2.05) is 18.5 Å². The number of carbonyl (C=O) groups is 1. The zero-order valence-electron chi connectivity index (χ0n) is 9.43. The zero-order chi connectivity index (χ0) is 11.7. The number of aromatic nitrogens is 4. The van der Waals surface area contributed by atoms with Gasteiger partial charge in [-0.15, -0.1) is 0 Å². The van der Waals surface area contributed by atoms with Gasteiger partial charge in [0.2, 0.25) is 0 Å². The first kappa shape index (κ1) is 10.4. The van der Waals surface area contributed by atoms with E-state index in [2.05, 4.69) is 15.3 Å². The second-order valence-corrected chi connectivity index (χ2v) is 3.60. The van der Waals surface area contributed by atoms with Gasteiger partial charge in [0.25, 0.3) is 5.91 Å². The maximum absolute atomic E-state index is 11.8. The van der Waals surface area contributed by atoms with Crippen LogP contribution in [0, 0.1) is 6.92 Å². The Balaban J connectivity index is 2.17. The molecule has 84 valence electrons. The summed E-state index contributed by atoms with van der Waals surface area (Å²) in [6.07, 6.45) is 5.06. The summed E-state index contributed by atoms with van der Waals surface area (Å²) in [6, 6.07) is 0. The summed E-state index contributed by atoms with van der Waals surface area (Å²) >= 11 is 0. The van der Waals surface area contributed by atoms with Crippen molar-refractivity contribution in [1.29, 1.82) is 0 Å². The smallest absolute Gasteiger partial charge is 0.292 e. The highest BCUT2D eigenvalue weighted by atomic mass is 16.2. The highest BCUT2D eigenvalue weighted by Crippen LogP contribution is 2.07. The summed E-state index contributed by atoms with van der Waals surface area (Å²) in [5.41, 5.74) is 0. The molecule has 0 spiro atoms. The fraction of sp³-hybridized carbons (Fsp3) is 0.300. The van der Waals surface area contributed by atoms with Crippen molar-refractivity contribution >= 4 is 11.7 Å². The Kier molecular flexibility index (Phi) is 2.47. The molecule has 6 nitrogen and oxygen atoms in total. The minimum Gasteiger partial charge on any atom is -0.336 e. The van der Waals surface area contributed by atoms with Crippen LogP contribution in [-0.2, 0) is 14.1 Å². The van der Waals surface area contributed by atoms with Crippen LogP contribution in [-0.4, -0.2) is 25.0 Å². The molecule has 0 atom stereocenters. The number of hydrogen-bond donors (Lipinski definition) is 1. The first-order valence-electron chi connectivity index (χ1n) is 4.86. The summed E-state index contributed by atoms with van der Waals surface area (Å²) in [7, 11) is 3.64. The van der Waals surface area contributed by atoms with Crippen molar-refractivity contribution < 1.29 is 4.79 Å². The Hall–Kier alpha value is -2.11. The average molecular weight is 219 g/mol. The van der Waals surface area contributed by atoms with Crippen molar-refractivity contribution in [2.24, 2.45) is 14.1 Å². The fourth-order valence-electron chi connectivity index (χ4n) is 1.38. The molecular formula is C10H13N5O. The molecule has 2 rings (SSSR count). The minimum absolute atomic E-state index is 0.259. The summed E-state index contributed by atoms with van der Waals surface area (Å²) in [4.78, 5) is 19.9. The van der Waals surface area contributed by atoms with E-state index in [4.69, 9.17) is 0 Å². The minimum atomic E-state index is -0.259. The van der Waals surface area contributed by atoms with Crippen LogP contribution < -0.4 is 5.32 Å². The number of aryl methyl sites for hydroxylation is 3. The monoisotopic (exact) mass is 219 g/mol. The number of rotatable bonds is 2. The van der Waals surface area contributed by atoms with Crippen LogP contribution in [0.2, 0.25) is 0 Å². The van der Waals surface area contributed by atoms with Gasteiger partial charge in [0.05, 0.1) is 0 Å². The van der Waals surface area contributed by atoms with Crippen LogP contribution in [0.5, 0.6) is 0 Å². The molecule has 0 aliphatic carbocycles. The van der Waals surface area contributed by atoms with Crippen molar-refractivity contribution in [3.8, 4) is 0 Å². The van der Waals surface area contributed by atoms with Crippen LogP contribution in [0.3, 0.4) is 0 Å². The molecule has 0 radical (unpaired) electrons. The first-order valence-corrected chi connectivity index (χ1v) is 4.86. The summed E-state index contributed by atoms with van der Waals surface area (Å²) < 4.78 is 3.50. The maximum Gasteiger partial charge on any atom is 0.292 e. The molecule has 0 aromatic carbocycles. The van der Waals surface area contributed by atoms with Crippen LogP contribution in [0.4, 0.5) is 5.82 Å². The standard InChI is InChI=1S/C10H13N5O/c1-7-12-8(6-15(7)3)13-10(16)9-11-4-5-14(9)2/h4-6H,1-3H3,(H,13,16). The van der Waals surface area contributed by atoms with Crippen LogP contribution in [0.1, 0.15) is 16.4 Å². The second-order valence-electron chi connectivity index (χ2n) is 3.60. The molecule has 1 N–H and O–H groups in total. The Morgan fingerprint density at radius 3 is 2.62 bits per heavy atom. The van der Waals surface area contributed by atoms with Crippen LogP contribution in [0.15, 0.2) is 18.6 Å². The summed E-state index contributed by atoms with van der Waals surface area (Å²) in [5.74, 6) is 1.48. The van der Waals surface area contributed by atoms with E-state index in [0.29, 0.717) is 11.6 Å². The van der Waals surface area contributed by atoms with E-state index in [0.717, 1.165) is 5.82 Å². The van der Waals surface area contributed by atoms with Crippen LogP contribution >= 0.6 is 0 Å². The van der Waals surface area contributed by atoms with E-state index >= 15 is 0 Å². The van der Waals surface area contributed by atoms with Gasteiger partial charge < -0.3 is 14.5 Å². The van der Waals surface area contributed by atoms with Gasteiger partial charge in [-0.2, -0.15) is 0 Å². The van der Waals surface area contributed by atoms with Crippen LogP contribution in [0.25, 0.3) is 0 Å². The Morgan fingerprint density at radius 1 is 1.38 bits per heavy atom. The van der Waals surface area contributed by atoms with Crippen molar-refractivity contribution in [3.63, 3.8) is 0 Å². The van der Waals surface area contributed by atoms with E-state index in [-0.39, 0.29) is 5.91 Å². The van der Waals surface area contributed by atoms with Gasteiger partial charge in [0.15, 0.2) is 11.6 Å². The molecular weight excluding hydrogens is 206 g/mol. The van der Waals surface area contributed by atoms with Crippen molar-refractivity contribution in [2.45, 2.75) is 6.92 Å². The molecule has 0 aliphatic heterocycles. The number of hydrogen-bond acceptors (Lipinski definition) is 3. The topological polar surface area (TPSA) is 64.7 Å². The second kappa shape index (κ2) is 3.80. The Morgan fingerprint density at radius 2 is 2.12 bits per heavy atom. The average Bonchev–Trinajstić information content (AvgIpc) is 2.74. The number of nitrogens with one attached hydrogen (secondary N) is 1. The molecule has 0 saturated heterocycles. The van der Waals surface area contributed by atoms with Crippen molar-refractivity contribution in [1.82, 2.24) is 19.1 Å². The Bertz CT molecular complexity index is 506. The Labute approximate surface area is 92.9 Å². The SMILES string of the molecule is Cc1nc(NC(=O)c2nccn2C)cn1C. The van der Waals surface area contributed by atoms with Gasteiger partial charge in [-0.3, -0.25) is 4.79 Å². The molecule has 0 unspecified atom stereocenters. The maximum atomic E-state index is 11.8. The largest absolute Gasteiger partial charge is 0.336 e. The predicted octanol–water partition coefficient (Wildman–Crippen LogP) is 0.714. The van der Waals surface area contributed by atoms with Gasteiger partial charge in [-0.1, -0.05) is 0 Å².